The van der Waals surface area contributed by atoms with Crippen LogP contribution in [0.15, 0.2) is 48.0 Å². The van der Waals surface area contributed by atoms with Crippen molar-refractivity contribution < 1.29 is 50.5 Å². The number of pyridine rings is 1. The topological polar surface area (TPSA) is 133 Å². The van der Waals surface area contributed by atoms with E-state index in [0.717, 1.165) is 19.2 Å². The Morgan fingerprint density at radius 3 is 2.33 bits per heavy atom. The third-order valence-electron chi connectivity index (χ3n) is 9.14. The molecule has 3 aromatic rings. The van der Waals surface area contributed by atoms with Gasteiger partial charge in [0.1, 0.15) is 29.4 Å². The normalized spacial score (nSPS) is 19.8. The van der Waals surface area contributed by atoms with Crippen LogP contribution in [0, 0.1) is 0 Å². The van der Waals surface area contributed by atoms with Gasteiger partial charge in [0.15, 0.2) is 0 Å². The molecule has 0 radical (unpaired) electrons. The zero-order chi connectivity index (χ0) is 38.3. The van der Waals surface area contributed by atoms with Gasteiger partial charge in [-0.05, 0) is 44.0 Å². The monoisotopic (exact) mass is 825 g/mol. The van der Waals surface area contributed by atoms with Crippen LogP contribution in [-0.4, -0.2) is 98.3 Å². The van der Waals surface area contributed by atoms with E-state index in [-0.39, 0.29) is 34.6 Å². The first-order chi connectivity index (χ1) is 25.0. The van der Waals surface area contributed by atoms with E-state index in [1.807, 2.05) is 0 Å². The Balaban J connectivity index is 0.00000561. The number of hydrogen-bond acceptors (Lipinski definition) is 10. The molecule has 1 atom stereocenters. The first-order valence-electron chi connectivity index (χ1n) is 16.2. The van der Waals surface area contributed by atoms with Crippen molar-refractivity contribution in [1.29, 1.82) is 0 Å². The first kappa shape index (κ1) is 41.2. The molecule has 3 aliphatic heterocycles. The molecule has 2 aromatic heterocycles. The lowest BCUT2D eigenvalue weighted by atomic mass is 9.90. The largest absolute Gasteiger partial charge is 0.509 e. The number of halogens is 9. The van der Waals surface area contributed by atoms with Crippen LogP contribution >= 0.6 is 35.6 Å². The van der Waals surface area contributed by atoms with E-state index in [4.69, 9.17) is 32.7 Å². The summed E-state index contributed by atoms with van der Waals surface area (Å²) >= 11 is 13.3. The molecule has 54 heavy (non-hydrogen) atoms. The molecule has 0 saturated carbocycles. The van der Waals surface area contributed by atoms with Crippen molar-refractivity contribution in [2.75, 3.05) is 51.3 Å². The highest BCUT2D eigenvalue weighted by Crippen LogP contribution is 2.43. The number of rotatable bonds is 9. The van der Waals surface area contributed by atoms with E-state index in [2.05, 4.69) is 25.2 Å². The van der Waals surface area contributed by atoms with Gasteiger partial charge in [-0.25, -0.2) is 15.0 Å². The van der Waals surface area contributed by atoms with Crippen molar-refractivity contribution in [3.8, 4) is 17.0 Å². The van der Waals surface area contributed by atoms with Crippen LogP contribution in [0.3, 0.4) is 0 Å². The fourth-order valence-electron chi connectivity index (χ4n) is 6.35. The fraction of sp³-hybridized carbons (Fsp3) is 0.424. The lowest BCUT2D eigenvalue weighted by Crippen LogP contribution is -2.60. The van der Waals surface area contributed by atoms with Crippen LogP contribution in [0.4, 0.5) is 32.0 Å². The van der Waals surface area contributed by atoms with Crippen molar-refractivity contribution in [1.82, 2.24) is 29.9 Å². The van der Waals surface area contributed by atoms with E-state index in [9.17, 15) is 41.0 Å². The third kappa shape index (κ3) is 8.48. The number of hydrogen-bond donors (Lipinski definition) is 2. The molecule has 0 bridgehead atoms. The number of carbonyl (C=O) groups is 2. The van der Waals surface area contributed by atoms with Crippen molar-refractivity contribution >= 4 is 53.1 Å². The zero-order valence-electron chi connectivity index (χ0n) is 28.2. The highest BCUT2D eigenvalue weighted by Gasteiger charge is 2.53. The van der Waals surface area contributed by atoms with Crippen LogP contribution in [-0.2, 0) is 33.2 Å². The van der Waals surface area contributed by atoms with Crippen LogP contribution in [0.5, 0.6) is 5.75 Å². The molecule has 1 aromatic carbocycles. The molecular weight excluding hydrogens is 795 g/mol. The molecule has 5 heterocycles. The van der Waals surface area contributed by atoms with E-state index in [1.54, 1.807) is 24.1 Å². The van der Waals surface area contributed by atoms with Gasteiger partial charge in [0.25, 0.3) is 11.8 Å². The number of nitrogens with one attached hydrogen (secondary N) is 1. The number of aromatic nitrogens is 3. The van der Waals surface area contributed by atoms with Gasteiger partial charge in [0.2, 0.25) is 5.82 Å². The SMILES string of the molecule is CC12CCCN1N(Cc1c(Cl)cc(OCCN3CCOCC3)cc1Cl)C(=O)C(C(=O)Nc1cnc(C(F)(F)F)nc1-c1ccc(C(F)(F)F)nc1)=C2O.Cl. The van der Waals surface area contributed by atoms with Crippen LogP contribution in [0.25, 0.3) is 11.3 Å². The number of carbonyl (C=O) groups excluding carboxylic acids is 2. The Morgan fingerprint density at radius 2 is 1.72 bits per heavy atom. The van der Waals surface area contributed by atoms with Crippen LogP contribution in [0.1, 0.15) is 36.8 Å². The number of fused-ring (bicyclic) bond motifs is 1. The number of nitrogens with zero attached hydrogens (tertiary/aromatic N) is 6. The summed E-state index contributed by atoms with van der Waals surface area (Å²) in [5.41, 5.74) is -4.48. The minimum atomic E-state index is -5.06. The number of amides is 2. The predicted octanol–water partition coefficient (Wildman–Crippen LogP) is 6.58. The molecule has 21 heteroatoms. The zero-order valence-corrected chi connectivity index (χ0v) is 30.6. The van der Waals surface area contributed by atoms with E-state index < -0.39 is 63.9 Å². The maximum atomic E-state index is 14.1. The number of morpholine rings is 1. The van der Waals surface area contributed by atoms with Crippen molar-refractivity contribution in [2.24, 2.45) is 0 Å². The van der Waals surface area contributed by atoms with Gasteiger partial charge >= 0.3 is 12.4 Å². The summed E-state index contributed by atoms with van der Waals surface area (Å²) in [5.74, 6) is -4.08. The summed E-state index contributed by atoms with van der Waals surface area (Å²) in [4.78, 5) is 40.1. The van der Waals surface area contributed by atoms with Gasteiger partial charge < -0.3 is 19.9 Å². The van der Waals surface area contributed by atoms with Gasteiger partial charge in [-0.1, -0.05) is 23.2 Å². The summed E-state index contributed by atoms with van der Waals surface area (Å²) in [6.07, 6.45) is -7.86. The number of hydrazine groups is 1. The maximum absolute atomic E-state index is 14.1. The summed E-state index contributed by atoms with van der Waals surface area (Å²) in [7, 11) is 0. The average molecular weight is 827 g/mol. The number of anilines is 1. The van der Waals surface area contributed by atoms with Crippen LogP contribution < -0.4 is 10.1 Å². The standard InChI is InChI=1S/C33H31Cl2F6N7O5.ClH/c1-31-5-2-6-48(31)47(17-20-21(34)13-19(14-22(20)35)53-12-9-46-7-10-52-11-8-46)29(51)25(27(31)49)28(50)44-23-16-43-30(33(39,40)41)45-26(23)18-3-4-24(42-15-18)32(36,37)38;/h3-4,13-16,49H,2,5-12,17H2,1H3,(H,44,50);1H. The second kappa shape index (κ2) is 16.0. The molecule has 292 valence electrons. The molecule has 2 amide bonds. The lowest BCUT2D eigenvalue weighted by molar-refractivity contribution is -0.160. The Bertz CT molecular complexity index is 1910. The number of alkyl halides is 6. The van der Waals surface area contributed by atoms with E-state index >= 15 is 0 Å². The number of aliphatic hydroxyl groups excluding tert-OH is 1. The van der Waals surface area contributed by atoms with E-state index in [1.165, 1.54) is 5.01 Å². The lowest BCUT2D eigenvalue weighted by Gasteiger charge is -2.46. The van der Waals surface area contributed by atoms with Gasteiger partial charge in [0, 0.05) is 43.5 Å². The van der Waals surface area contributed by atoms with Gasteiger partial charge in [0.05, 0.1) is 52.9 Å². The Kier molecular flexibility index (Phi) is 12.2. The Labute approximate surface area is 320 Å². The smallest absolute Gasteiger partial charge is 0.451 e. The molecular formula is C33H32Cl3F6N7O5. The van der Waals surface area contributed by atoms with Crippen molar-refractivity contribution in [3.05, 3.63) is 75.1 Å². The molecule has 0 spiro atoms. The Hall–Kier alpha value is -3.94. The second-order valence-corrected chi connectivity index (χ2v) is 13.4. The summed E-state index contributed by atoms with van der Waals surface area (Å²) in [6, 6.07) is 4.44. The second-order valence-electron chi connectivity index (χ2n) is 12.6. The number of aliphatic hydroxyl groups is 1. The summed E-state index contributed by atoms with van der Waals surface area (Å²) < 4.78 is 91.4. The molecule has 2 N–H and O–H groups in total. The van der Waals surface area contributed by atoms with Gasteiger partial charge in [-0.15, -0.1) is 12.4 Å². The molecule has 2 saturated heterocycles. The van der Waals surface area contributed by atoms with Crippen LogP contribution in [0.2, 0.25) is 10.0 Å². The van der Waals surface area contributed by atoms with Crippen molar-refractivity contribution in [3.63, 3.8) is 0 Å². The third-order valence-corrected chi connectivity index (χ3v) is 9.81. The minimum Gasteiger partial charge on any atom is -0.509 e. The van der Waals surface area contributed by atoms with Gasteiger partial charge in [-0.3, -0.25) is 24.5 Å². The Morgan fingerprint density at radius 1 is 1.04 bits per heavy atom. The number of ether oxygens (including phenoxy) is 2. The number of benzene rings is 1. The van der Waals surface area contributed by atoms with E-state index in [0.29, 0.717) is 75.5 Å². The van der Waals surface area contributed by atoms with Crippen molar-refractivity contribution in [2.45, 2.75) is 44.2 Å². The highest BCUT2D eigenvalue weighted by atomic mass is 35.5. The summed E-state index contributed by atoms with van der Waals surface area (Å²) in [5, 5.41) is 16.8. The summed E-state index contributed by atoms with van der Waals surface area (Å²) in [6.45, 7) is 5.51. The fourth-order valence-corrected chi connectivity index (χ4v) is 6.93. The minimum absolute atomic E-state index is 0. The molecule has 6 rings (SSSR count). The molecule has 1 unspecified atom stereocenters. The highest BCUT2D eigenvalue weighted by molar-refractivity contribution is 6.36. The average Bonchev–Trinajstić information content (AvgIpc) is 3.50. The molecule has 0 aliphatic carbocycles. The molecule has 3 aliphatic rings. The predicted molar refractivity (Wildman–Crippen MR) is 185 cm³/mol. The first-order valence-corrected chi connectivity index (χ1v) is 17.0. The van der Waals surface area contributed by atoms with Gasteiger partial charge in [-0.2, -0.15) is 26.3 Å². The molecule has 12 nitrogen and oxygen atoms in total. The molecule has 2 fully saturated rings. The maximum Gasteiger partial charge on any atom is 0.451 e. The quantitative estimate of drug-likeness (QED) is 0.180.